The molecule has 0 fully saturated rings. The molecule has 2 aromatic carbocycles. The molecule has 0 saturated carbocycles. The monoisotopic (exact) mass is 260 g/mol. The van der Waals surface area contributed by atoms with Crippen molar-refractivity contribution in [3.05, 3.63) is 54.3 Å². The molecular weight excluding hydrogens is 247 g/mol. The maximum Gasteiger partial charge on any atom is 0.326 e. The minimum Gasteiger partial charge on any atom is -0.508 e. The number of aromatic hydroxyl groups is 1. The molecule has 0 aromatic heterocycles. The van der Waals surface area contributed by atoms with Gasteiger partial charge in [-0.2, -0.15) is 0 Å². The minimum atomic E-state index is -0.378. The molecule has 0 aliphatic heterocycles. The van der Waals surface area contributed by atoms with Gasteiger partial charge in [-0.15, -0.1) is 0 Å². The highest BCUT2D eigenvalue weighted by atomic mass is 19.1. The van der Waals surface area contributed by atoms with Gasteiger partial charge >= 0.3 is 6.03 Å². The van der Waals surface area contributed by atoms with Crippen LogP contribution in [0.25, 0.3) is 0 Å². The highest BCUT2D eigenvalue weighted by molar-refractivity contribution is 6.01. The van der Waals surface area contributed by atoms with Crippen molar-refractivity contribution in [3.8, 4) is 5.75 Å². The van der Waals surface area contributed by atoms with Crippen molar-refractivity contribution in [3.63, 3.8) is 0 Å². The quantitative estimate of drug-likeness (QED) is 0.871. The van der Waals surface area contributed by atoms with Crippen molar-refractivity contribution in [2.24, 2.45) is 0 Å². The molecule has 0 unspecified atom stereocenters. The Labute approximate surface area is 110 Å². The second-order valence-electron chi connectivity index (χ2n) is 4.02. The fourth-order valence-electron chi connectivity index (χ4n) is 1.56. The first-order valence-corrected chi connectivity index (χ1v) is 5.65. The van der Waals surface area contributed by atoms with Crippen molar-refractivity contribution in [2.45, 2.75) is 0 Å². The summed E-state index contributed by atoms with van der Waals surface area (Å²) in [6, 6.07) is 11.5. The number of amides is 2. The van der Waals surface area contributed by atoms with Crippen LogP contribution in [0.1, 0.15) is 0 Å². The van der Waals surface area contributed by atoms with Crippen LogP contribution in [0.4, 0.5) is 20.6 Å². The summed E-state index contributed by atoms with van der Waals surface area (Å²) in [5, 5.41) is 12.0. The number of nitrogens with zero attached hydrogens (tertiary/aromatic N) is 1. The smallest absolute Gasteiger partial charge is 0.326 e. The Hall–Kier alpha value is -2.56. The number of carbonyl (C=O) groups is 1. The van der Waals surface area contributed by atoms with Gasteiger partial charge in [0.25, 0.3) is 0 Å². The van der Waals surface area contributed by atoms with Crippen LogP contribution in [0.3, 0.4) is 0 Å². The van der Waals surface area contributed by atoms with Crippen LogP contribution in [0.5, 0.6) is 5.75 Å². The van der Waals surface area contributed by atoms with Crippen LogP contribution in [-0.4, -0.2) is 18.2 Å². The lowest BCUT2D eigenvalue weighted by Gasteiger charge is -2.18. The second-order valence-corrected chi connectivity index (χ2v) is 4.02. The van der Waals surface area contributed by atoms with E-state index in [1.54, 1.807) is 19.2 Å². The Morgan fingerprint density at radius 2 is 1.89 bits per heavy atom. The fraction of sp³-hybridized carbons (Fsp3) is 0.0714. The summed E-state index contributed by atoms with van der Waals surface area (Å²) in [5.74, 6) is -0.279. The summed E-state index contributed by atoms with van der Waals surface area (Å²) in [5.41, 5.74) is 1.05. The maximum absolute atomic E-state index is 12.7. The van der Waals surface area contributed by atoms with E-state index in [0.717, 1.165) is 0 Å². The number of hydrogen-bond acceptors (Lipinski definition) is 2. The van der Waals surface area contributed by atoms with E-state index in [2.05, 4.69) is 5.32 Å². The Morgan fingerprint density at radius 1 is 1.21 bits per heavy atom. The first-order valence-electron chi connectivity index (χ1n) is 5.65. The molecular formula is C14H13FN2O2. The number of phenolic OH excluding ortho intramolecular Hbond substituents is 1. The Morgan fingerprint density at radius 3 is 2.53 bits per heavy atom. The number of nitrogens with one attached hydrogen (secondary N) is 1. The van der Waals surface area contributed by atoms with Gasteiger partial charge in [0.2, 0.25) is 0 Å². The predicted molar refractivity (Wildman–Crippen MR) is 71.9 cm³/mol. The molecule has 2 amide bonds. The fourth-order valence-corrected chi connectivity index (χ4v) is 1.56. The zero-order valence-electron chi connectivity index (χ0n) is 10.3. The summed E-state index contributed by atoms with van der Waals surface area (Å²) in [6.07, 6.45) is 0. The van der Waals surface area contributed by atoms with Gasteiger partial charge in [-0.3, -0.25) is 4.90 Å². The molecule has 4 nitrogen and oxygen atoms in total. The number of carbonyl (C=O) groups excluding carboxylic acids is 1. The summed E-state index contributed by atoms with van der Waals surface area (Å²) in [4.78, 5) is 13.3. The van der Waals surface area contributed by atoms with Crippen LogP contribution >= 0.6 is 0 Å². The number of urea groups is 1. The molecule has 0 aliphatic carbocycles. The van der Waals surface area contributed by atoms with Crippen LogP contribution < -0.4 is 10.2 Å². The number of hydrogen-bond donors (Lipinski definition) is 2. The zero-order valence-corrected chi connectivity index (χ0v) is 10.3. The number of phenols is 1. The number of halogens is 1. The zero-order chi connectivity index (χ0) is 13.8. The Bertz CT molecular complexity index is 584. The van der Waals surface area contributed by atoms with Crippen LogP contribution in [0.2, 0.25) is 0 Å². The van der Waals surface area contributed by atoms with Crippen molar-refractivity contribution >= 4 is 17.4 Å². The molecule has 19 heavy (non-hydrogen) atoms. The Balaban J connectivity index is 2.09. The van der Waals surface area contributed by atoms with Crippen molar-refractivity contribution in [2.75, 3.05) is 17.3 Å². The molecule has 98 valence electrons. The highest BCUT2D eigenvalue weighted by Gasteiger charge is 2.11. The summed E-state index contributed by atoms with van der Waals surface area (Å²) in [6.45, 7) is 0. The van der Waals surface area contributed by atoms with Crippen molar-refractivity contribution in [1.82, 2.24) is 0 Å². The SMILES string of the molecule is CN(C(=O)Nc1ccc(F)cc1)c1cccc(O)c1. The topological polar surface area (TPSA) is 52.6 Å². The van der Waals surface area contributed by atoms with Gasteiger partial charge in [-0.25, -0.2) is 9.18 Å². The van der Waals surface area contributed by atoms with E-state index in [1.807, 2.05) is 0 Å². The molecule has 2 N–H and O–H groups in total. The maximum atomic E-state index is 12.7. The largest absolute Gasteiger partial charge is 0.508 e. The molecule has 2 aromatic rings. The normalized spacial score (nSPS) is 10.0. The van der Waals surface area contributed by atoms with Crippen molar-refractivity contribution in [1.29, 1.82) is 0 Å². The van der Waals surface area contributed by atoms with E-state index in [-0.39, 0.29) is 17.6 Å². The van der Waals surface area contributed by atoms with Gasteiger partial charge in [-0.05, 0) is 36.4 Å². The van der Waals surface area contributed by atoms with E-state index < -0.39 is 0 Å². The molecule has 0 heterocycles. The molecule has 2 rings (SSSR count). The van der Waals surface area contributed by atoms with Crippen LogP contribution in [0, 0.1) is 5.82 Å². The third kappa shape index (κ3) is 3.22. The van der Waals surface area contributed by atoms with Gasteiger partial charge in [0.05, 0.1) is 0 Å². The van der Waals surface area contributed by atoms with E-state index in [0.29, 0.717) is 11.4 Å². The van der Waals surface area contributed by atoms with E-state index >= 15 is 0 Å². The third-order valence-electron chi connectivity index (χ3n) is 2.62. The molecule has 0 atom stereocenters. The van der Waals surface area contributed by atoms with Gasteiger partial charge < -0.3 is 10.4 Å². The Kier molecular flexibility index (Phi) is 3.66. The van der Waals surface area contributed by atoms with Crippen LogP contribution in [-0.2, 0) is 0 Å². The lowest BCUT2D eigenvalue weighted by atomic mass is 10.3. The molecule has 5 heteroatoms. The van der Waals surface area contributed by atoms with Crippen molar-refractivity contribution < 1.29 is 14.3 Å². The average molecular weight is 260 g/mol. The summed E-state index contributed by atoms with van der Waals surface area (Å²) >= 11 is 0. The third-order valence-corrected chi connectivity index (χ3v) is 2.62. The van der Waals surface area contributed by atoms with Gasteiger partial charge in [0.15, 0.2) is 0 Å². The lowest BCUT2D eigenvalue weighted by molar-refractivity contribution is 0.258. The first kappa shape index (κ1) is 12.9. The minimum absolute atomic E-state index is 0.0823. The number of anilines is 2. The standard InChI is InChI=1S/C14H13FN2O2/c1-17(12-3-2-4-13(18)9-12)14(19)16-11-7-5-10(15)6-8-11/h2-9,18H,1H3,(H,16,19). The summed E-state index contributed by atoms with van der Waals surface area (Å²) in [7, 11) is 1.58. The van der Waals surface area contributed by atoms with E-state index in [4.69, 9.17) is 0 Å². The van der Waals surface area contributed by atoms with E-state index in [9.17, 15) is 14.3 Å². The lowest BCUT2D eigenvalue weighted by Crippen LogP contribution is -2.31. The molecule has 0 aliphatic rings. The van der Waals surface area contributed by atoms with Gasteiger partial charge in [0, 0.05) is 24.5 Å². The van der Waals surface area contributed by atoms with Crippen LogP contribution in [0.15, 0.2) is 48.5 Å². The highest BCUT2D eigenvalue weighted by Crippen LogP contribution is 2.19. The molecule has 0 radical (unpaired) electrons. The average Bonchev–Trinajstić information content (AvgIpc) is 2.40. The summed E-state index contributed by atoms with van der Waals surface area (Å²) < 4.78 is 12.7. The molecule has 0 saturated heterocycles. The van der Waals surface area contributed by atoms with E-state index in [1.165, 1.54) is 41.3 Å². The second kappa shape index (κ2) is 5.39. The molecule has 0 spiro atoms. The first-order chi connectivity index (χ1) is 9.06. The number of rotatable bonds is 2. The van der Waals surface area contributed by atoms with Gasteiger partial charge in [0.1, 0.15) is 11.6 Å². The number of benzene rings is 2. The van der Waals surface area contributed by atoms with Gasteiger partial charge in [-0.1, -0.05) is 6.07 Å². The predicted octanol–water partition coefficient (Wildman–Crippen LogP) is 3.20. The molecule has 0 bridgehead atoms.